The van der Waals surface area contributed by atoms with Gasteiger partial charge >= 0.3 is 0 Å². The number of hydrogen-bond donors (Lipinski definition) is 3. The van der Waals surface area contributed by atoms with Crippen molar-refractivity contribution in [1.29, 1.82) is 0 Å². The zero-order chi connectivity index (χ0) is 22.4. The van der Waals surface area contributed by atoms with Crippen molar-refractivity contribution >= 4 is 47.1 Å². The lowest BCUT2D eigenvalue weighted by Crippen LogP contribution is -2.21. The van der Waals surface area contributed by atoms with E-state index in [1.54, 1.807) is 24.4 Å². The van der Waals surface area contributed by atoms with Crippen molar-refractivity contribution in [2.75, 3.05) is 23.9 Å². The van der Waals surface area contributed by atoms with E-state index in [1.807, 2.05) is 17.6 Å². The molecule has 0 aliphatic rings. The molecule has 0 atom stereocenters. The van der Waals surface area contributed by atoms with Gasteiger partial charge in [0.1, 0.15) is 11.6 Å². The monoisotopic (exact) mass is 398 g/mol. The molecule has 10 heteroatoms. The number of anilines is 4. The molecule has 1 amide bonds. The Morgan fingerprint density at radius 2 is 2.07 bits per heavy atom. The van der Waals surface area contributed by atoms with E-state index < -0.39 is 12.9 Å². The molecule has 3 aromatic rings. The standard InChI is InChI=1S/C18H17N7O2S/c1-19-18(27)16-12(22-17-13(28-2)4-3-7-20-17)8-15(24-25-16)23-14-6-5-11(10-26)9-21-14/h3-10H,1-2H3,(H,19,27)(H2,20,21,22,23,24)/i1D3. The largest absolute Gasteiger partial charge is 0.354 e. The predicted octanol–water partition coefficient (Wildman–Crippen LogP) is 2.65. The van der Waals surface area contributed by atoms with Crippen LogP contribution in [0, 0.1) is 0 Å². The number of amides is 1. The average molecular weight is 398 g/mol. The van der Waals surface area contributed by atoms with Crippen molar-refractivity contribution in [3.63, 3.8) is 0 Å². The quantitative estimate of drug-likeness (QED) is 0.407. The minimum atomic E-state index is -2.69. The number of aldehydes is 1. The van der Waals surface area contributed by atoms with Crippen LogP contribution in [0.4, 0.5) is 23.1 Å². The Morgan fingerprint density at radius 3 is 2.79 bits per heavy atom. The third-order valence-electron chi connectivity index (χ3n) is 3.54. The summed E-state index contributed by atoms with van der Waals surface area (Å²) in [7, 11) is 0. The van der Waals surface area contributed by atoms with Gasteiger partial charge in [-0.2, -0.15) is 0 Å². The van der Waals surface area contributed by atoms with Gasteiger partial charge in [0.05, 0.1) is 5.69 Å². The summed E-state index contributed by atoms with van der Waals surface area (Å²) >= 11 is 1.44. The van der Waals surface area contributed by atoms with Crippen LogP contribution in [0.5, 0.6) is 0 Å². The van der Waals surface area contributed by atoms with Gasteiger partial charge in [-0.3, -0.25) is 9.59 Å². The summed E-state index contributed by atoms with van der Waals surface area (Å²) in [4.78, 5) is 32.4. The summed E-state index contributed by atoms with van der Waals surface area (Å²) in [5.41, 5.74) is 0.386. The van der Waals surface area contributed by atoms with Crippen LogP contribution in [0.2, 0.25) is 0 Å². The van der Waals surface area contributed by atoms with Crippen LogP contribution in [0.25, 0.3) is 0 Å². The Balaban J connectivity index is 1.96. The molecular formula is C18H17N7O2S. The number of thioether (sulfide) groups is 1. The van der Waals surface area contributed by atoms with E-state index in [-0.39, 0.29) is 17.2 Å². The molecule has 142 valence electrons. The Bertz CT molecular complexity index is 1090. The molecule has 0 spiro atoms. The molecule has 0 saturated heterocycles. The summed E-state index contributed by atoms with van der Waals surface area (Å²) in [5, 5.41) is 15.7. The molecule has 0 bridgehead atoms. The van der Waals surface area contributed by atoms with Crippen molar-refractivity contribution in [3.05, 3.63) is 54.0 Å². The van der Waals surface area contributed by atoms with Gasteiger partial charge in [-0.1, -0.05) is 0 Å². The van der Waals surface area contributed by atoms with Gasteiger partial charge in [-0.15, -0.1) is 22.0 Å². The lowest BCUT2D eigenvalue weighted by atomic mass is 10.2. The first-order valence-corrected chi connectivity index (χ1v) is 9.16. The number of nitrogens with zero attached hydrogens (tertiary/aromatic N) is 4. The first-order chi connectivity index (χ1) is 14.8. The third kappa shape index (κ3) is 4.41. The van der Waals surface area contributed by atoms with Gasteiger partial charge < -0.3 is 16.0 Å². The molecule has 3 heterocycles. The SMILES string of the molecule is [2H]C([2H])([2H])NC(=O)c1nnc(Nc2ccc(C=O)cn2)cc1Nc1ncccc1SC. The van der Waals surface area contributed by atoms with Crippen LogP contribution in [-0.4, -0.2) is 45.6 Å². The van der Waals surface area contributed by atoms with Crippen molar-refractivity contribution in [2.24, 2.45) is 0 Å². The van der Waals surface area contributed by atoms with Gasteiger partial charge in [0.25, 0.3) is 5.91 Å². The van der Waals surface area contributed by atoms with Crippen LogP contribution >= 0.6 is 11.8 Å². The minimum absolute atomic E-state index is 0.192. The van der Waals surface area contributed by atoms with Gasteiger partial charge in [-0.05, 0) is 30.5 Å². The Hall–Kier alpha value is -3.53. The maximum atomic E-state index is 12.5. The normalized spacial score (nSPS) is 12.2. The van der Waals surface area contributed by atoms with Gasteiger partial charge in [0.2, 0.25) is 0 Å². The fourth-order valence-electron chi connectivity index (χ4n) is 2.23. The first-order valence-electron chi connectivity index (χ1n) is 9.43. The molecule has 0 aliphatic carbocycles. The number of nitrogens with one attached hydrogen (secondary N) is 3. The second-order valence-corrected chi connectivity index (χ2v) is 6.19. The molecule has 3 aromatic heterocycles. The zero-order valence-electron chi connectivity index (χ0n) is 17.6. The predicted molar refractivity (Wildman–Crippen MR) is 108 cm³/mol. The second-order valence-electron chi connectivity index (χ2n) is 5.34. The molecule has 0 fully saturated rings. The lowest BCUT2D eigenvalue weighted by molar-refractivity contribution is 0.0958. The first kappa shape index (κ1) is 15.5. The molecule has 9 nitrogen and oxygen atoms in total. The number of hydrogen-bond acceptors (Lipinski definition) is 9. The Kier molecular flexibility index (Phi) is 4.94. The Morgan fingerprint density at radius 1 is 1.18 bits per heavy atom. The summed E-state index contributed by atoms with van der Waals surface area (Å²) in [5.74, 6) is 0.177. The van der Waals surface area contributed by atoms with Crippen LogP contribution in [0.15, 0.2) is 47.6 Å². The molecule has 3 N–H and O–H groups in total. The number of pyridine rings is 2. The van der Waals surface area contributed by atoms with E-state index in [9.17, 15) is 9.59 Å². The van der Waals surface area contributed by atoms with E-state index >= 15 is 0 Å². The van der Waals surface area contributed by atoms with Crippen molar-refractivity contribution in [2.45, 2.75) is 4.90 Å². The highest BCUT2D eigenvalue weighted by atomic mass is 32.2. The van der Waals surface area contributed by atoms with E-state index in [2.05, 4.69) is 30.8 Å². The third-order valence-corrected chi connectivity index (χ3v) is 4.31. The summed E-state index contributed by atoms with van der Waals surface area (Å²) < 4.78 is 21.8. The molecule has 28 heavy (non-hydrogen) atoms. The van der Waals surface area contributed by atoms with Crippen molar-refractivity contribution < 1.29 is 13.7 Å². The smallest absolute Gasteiger partial charge is 0.273 e. The van der Waals surface area contributed by atoms with E-state index in [4.69, 9.17) is 4.11 Å². The van der Waals surface area contributed by atoms with Crippen LogP contribution < -0.4 is 16.0 Å². The molecule has 3 rings (SSSR count). The molecule has 0 saturated carbocycles. The number of carbonyl (C=O) groups is 2. The summed E-state index contributed by atoms with van der Waals surface area (Å²) in [6.07, 6.45) is 5.51. The zero-order valence-corrected chi connectivity index (χ0v) is 15.4. The van der Waals surface area contributed by atoms with Crippen LogP contribution in [0.1, 0.15) is 25.0 Å². The van der Waals surface area contributed by atoms with E-state index in [0.717, 1.165) is 4.90 Å². The van der Waals surface area contributed by atoms with Crippen LogP contribution in [-0.2, 0) is 0 Å². The van der Waals surface area contributed by atoms with Gasteiger partial charge in [0, 0.05) is 40.0 Å². The molecule has 0 unspecified atom stereocenters. The van der Waals surface area contributed by atoms with Crippen molar-refractivity contribution in [1.82, 2.24) is 25.5 Å². The van der Waals surface area contributed by atoms with E-state index in [1.165, 1.54) is 24.0 Å². The van der Waals surface area contributed by atoms with Crippen LogP contribution in [0.3, 0.4) is 0 Å². The van der Waals surface area contributed by atoms with E-state index in [0.29, 0.717) is 23.5 Å². The fourth-order valence-corrected chi connectivity index (χ4v) is 2.74. The number of carbonyl (C=O) groups excluding carboxylic acids is 2. The minimum Gasteiger partial charge on any atom is -0.354 e. The lowest BCUT2D eigenvalue weighted by Gasteiger charge is -2.13. The average Bonchev–Trinajstić information content (AvgIpc) is 2.73. The topological polar surface area (TPSA) is 122 Å². The molecule has 0 radical (unpaired) electrons. The molecule has 0 aliphatic heterocycles. The maximum Gasteiger partial charge on any atom is 0.273 e. The van der Waals surface area contributed by atoms with Gasteiger partial charge in [0.15, 0.2) is 17.8 Å². The number of aromatic nitrogens is 4. The Labute approximate surface area is 169 Å². The highest BCUT2D eigenvalue weighted by Gasteiger charge is 2.16. The summed E-state index contributed by atoms with van der Waals surface area (Å²) in [6.45, 7) is -2.69. The molecule has 0 aromatic carbocycles. The summed E-state index contributed by atoms with van der Waals surface area (Å²) in [6, 6.07) is 8.25. The van der Waals surface area contributed by atoms with Gasteiger partial charge in [-0.25, -0.2) is 9.97 Å². The maximum absolute atomic E-state index is 12.5. The highest BCUT2D eigenvalue weighted by Crippen LogP contribution is 2.28. The highest BCUT2D eigenvalue weighted by molar-refractivity contribution is 7.98. The number of rotatable bonds is 7. The fraction of sp³-hybridized carbons (Fsp3) is 0.111. The second kappa shape index (κ2) is 8.91. The van der Waals surface area contributed by atoms with Crippen molar-refractivity contribution in [3.8, 4) is 0 Å². The molecular weight excluding hydrogens is 378 g/mol.